The fraction of sp³-hybridized carbons (Fsp3) is 0.957. The van der Waals surface area contributed by atoms with Crippen molar-refractivity contribution in [1.29, 1.82) is 0 Å². The summed E-state index contributed by atoms with van der Waals surface area (Å²) in [4.78, 5) is 11.8. The van der Waals surface area contributed by atoms with Gasteiger partial charge in [0.05, 0.1) is 12.7 Å². The number of aliphatic hydroxyl groups excluding tert-OH is 2. The lowest BCUT2D eigenvalue weighted by molar-refractivity contribution is -0.151. The van der Waals surface area contributed by atoms with E-state index in [0.717, 1.165) is 12.8 Å². The number of unbranched alkanes of at least 4 members (excludes halogenated alkanes) is 12. The van der Waals surface area contributed by atoms with E-state index in [9.17, 15) is 15.0 Å². The van der Waals surface area contributed by atoms with E-state index >= 15 is 0 Å². The third-order valence-electron chi connectivity index (χ3n) is 5.75. The van der Waals surface area contributed by atoms with Gasteiger partial charge in [-0.3, -0.25) is 4.79 Å². The molecule has 0 spiro atoms. The second-order valence-corrected chi connectivity index (χ2v) is 8.51. The van der Waals surface area contributed by atoms with Crippen LogP contribution in [0.5, 0.6) is 0 Å². The first kappa shape index (κ1) is 25.4. The summed E-state index contributed by atoms with van der Waals surface area (Å²) in [6, 6.07) is 0. The van der Waals surface area contributed by atoms with Gasteiger partial charge in [0.15, 0.2) is 0 Å². The Balaban J connectivity index is 1.86. The van der Waals surface area contributed by atoms with Crippen LogP contribution in [-0.4, -0.2) is 47.7 Å². The summed E-state index contributed by atoms with van der Waals surface area (Å²) in [7, 11) is 0. The highest BCUT2D eigenvalue weighted by Gasteiger charge is 2.38. The molecule has 28 heavy (non-hydrogen) atoms. The first-order chi connectivity index (χ1) is 13.6. The van der Waals surface area contributed by atoms with Gasteiger partial charge in [-0.1, -0.05) is 90.9 Å². The van der Waals surface area contributed by atoms with Crippen molar-refractivity contribution in [2.24, 2.45) is 5.92 Å². The average Bonchev–Trinajstić information content (AvgIpc) is 3.02. The summed E-state index contributed by atoms with van der Waals surface area (Å²) in [5, 5.41) is 19.9. The molecule has 4 atom stereocenters. The molecule has 166 valence electrons. The maximum Gasteiger partial charge on any atom is 0.305 e. The average molecular weight is 401 g/mol. The standard InChI is InChI=1S/C23H44O5/c1-3-4-5-6-7-8-9-10-11-12-13-14-15-16-21(25)27-18-20(24)23-22(26)19(2)17-28-23/h19-20,22-24,26H,3-18H2,1-2H3. The van der Waals surface area contributed by atoms with E-state index in [1.807, 2.05) is 6.92 Å². The Morgan fingerprint density at radius 3 is 1.93 bits per heavy atom. The molecule has 0 radical (unpaired) electrons. The van der Waals surface area contributed by atoms with E-state index in [1.165, 1.54) is 70.6 Å². The van der Waals surface area contributed by atoms with Gasteiger partial charge in [-0.2, -0.15) is 0 Å². The quantitative estimate of drug-likeness (QED) is 0.272. The predicted molar refractivity (Wildman–Crippen MR) is 112 cm³/mol. The molecule has 0 bridgehead atoms. The van der Waals surface area contributed by atoms with E-state index in [1.54, 1.807) is 0 Å². The first-order valence-electron chi connectivity index (χ1n) is 11.7. The Labute approximate surface area is 172 Å². The molecule has 0 amide bonds. The van der Waals surface area contributed by atoms with Gasteiger partial charge in [-0.15, -0.1) is 0 Å². The third-order valence-corrected chi connectivity index (χ3v) is 5.75. The van der Waals surface area contributed by atoms with E-state index in [4.69, 9.17) is 9.47 Å². The van der Waals surface area contributed by atoms with Crippen molar-refractivity contribution < 1.29 is 24.5 Å². The normalized spacial score (nSPS) is 23.1. The van der Waals surface area contributed by atoms with Crippen LogP contribution in [0, 0.1) is 5.92 Å². The molecular weight excluding hydrogens is 356 g/mol. The van der Waals surface area contributed by atoms with Crippen molar-refractivity contribution in [2.75, 3.05) is 13.2 Å². The van der Waals surface area contributed by atoms with Crippen LogP contribution in [-0.2, 0) is 14.3 Å². The molecule has 2 N–H and O–H groups in total. The zero-order valence-corrected chi connectivity index (χ0v) is 18.2. The number of carbonyl (C=O) groups is 1. The van der Waals surface area contributed by atoms with Gasteiger partial charge in [0.2, 0.25) is 0 Å². The number of ether oxygens (including phenoxy) is 2. The Hall–Kier alpha value is -0.650. The molecule has 0 aromatic rings. The number of hydrogen-bond donors (Lipinski definition) is 2. The number of carbonyl (C=O) groups excluding carboxylic acids is 1. The van der Waals surface area contributed by atoms with Crippen LogP contribution in [0.4, 0.5) is 0 Å². The van der Waals surface area contributed by atoms with Crippen LogP contribution in [0.2, 0.25) is 0 Å². The summed E-state index contributed by atoms with van der Waals surface area (Å²) in [6.45, 7) is 4.45. The fourth-order valence-corrected chi connectivity index (χ4v) is 3.75. The molecular formula is C23H44O5. The lowest BCUT2D eigenvalue weighted by Crippen LogP contribution is -2.39. The highest BCUT2D eigenvalue weighted by Crippen LogP contribution is 2.22. The van der Waals surface area contributed by atoms with E-state index in [2.05, 4.69) is 6.92 Å². The second kappa shape index (κ2) is 16.2. The summed E-state index contributed by atoms with van der Waals surface area (Å²) >= 11 is 0. The van der Waals surface area contributed by atoms with Gasteiger partial charge in [-0.05, 0) is 6.42 Å². The van der Waals surface area contributed by atoms with Crippen LogP contribution < -0.4 is 0 Å². The SMILES string of the molecule is CCCCCCCCCCCCCCCC(=O)OCC(O)C1OCC(C)C1O. The minimum Gasteiger partial charge on any atom is -0.463 e. The van der Waals surface area contributed by atoms with Crippen LogP contribution in [0.1, 0.15) is 104 Å². The molecule has 0 aliphatic carbocycles. The molecule has 0 aromatic heterocycles. The van der Waals surface area contributed by atoms with Crippen LogP contribution in [0.25, 0.3) is 0 Å². The Morgan fingerprint density at radius 1 is 0.964 bits per heavy atom. The second-order valence-electron chi connectivity index (χ2n) is 8.51. The molecule has 4 unspecified atom stereocenters. The molecule has 1 aliphatic heterocycles. The zero-order valence-electron chi connectivity index (χ0n) is 18.2. The summed E-state index contributed by atoms with van der Waals surface area (Å²) in [5.74, 6) is -0.274. The maximum atomic E-state index is 11.8. The van der Waals surface area contributed by atoms with Crippen molar-refractivity contribution in [2.45, 2.75) is 122 Å². The van der Waals surface area contributed by atoms with Crippen molar-refractivity contribution in [3.63, 3.8) is 0 Å². The molecule has 5 nitrogen and oxygen atoms in total. The fourth-order valence-electron chi connectivity index (χ4n) is 3.75. The van der Waals surface area contributed by atoms with Gasteiger partial charge < -0.3 is 19.7 Å². The summed E-state index contributed by atoms with van der Waals surface area (Å²) in [6.07, 6.45) is 14.7. The topological polar surface area (TPSA) is 76.0 Å². The van der Waals surface area contributed by atoms with Gasteiger partial charge in [0.25, 0.3) is 0 Å². The molecule has 1 rings (SSSR count). The molecule has 0 aromatic carbocycles. The van der Waals surface area contributed by atoms with Crippen LogP contribution >= 0.6 is 0 Å². The number of hydrogen-bond acceptors (Lipinski definition) is 5. The molecule has 1 heterocycles. The minimum absolute atomic E-state index is 0.00106. The van der Waals surface area contributed by atoms with Crippen molar-refractivity contribution in [3.05, 3.63) is 0 Å². The van der Waals surface area contributed by atoms with Gasteiger partial charge in [0, 0.05) is 12.3 Å². The smallest absolute Gasteiger partial charge is 0.305 e. The lowest BCUT2D eigenvalue weighted by atomic mass is 10.0. The maximum absolute atomic E-state index is 11.8. The highest BCUT2D eigenvalue weighted by molar-refractivity contribution is 5.69. The third kappa shape index (κ3) is 11.4. The zero-order chi connectivity index (χ0) is 20.6. The summed E-state index contributed by atoms with van der Waals surface area (Å²) in [5.41, 5.74) is 0. The van der Waals surface area contributed by atoms with Gasteiger partial charge in [0.1, 0.15) is 18.8 Å². The van der Waals surface area contributed by atoms with Crippen molar-refractivity contribution >= 4 is 5.97 Å². The van der Waals surface area contributed by atoms with Crippen molar-refractivity contribution in [3.8, 4) is 0 Å². The van der Waals surface area contributed by atoms with E-state index < -0.39 is 18.3 Å². The highest BCUT2D eigenvalue weighted by atomic mass is 16.6. The number of esters is 1. The molecule has 1 aliphatic rings. The van der Waals surface area contributed by atoms with Gasteiger partial charge in [-0.25, -0.2) is 0 Å². The predicted octanol–water partition coefficient (Wildman–Crippen LogP) is 4.77. The lowest BCUT2D eigenvalue weighted by Gasteiger charge is -2.21. The van der Waals surface area contributed by atoms with E-state index in [-0.39, 0.29) is 18.5 Å². The first-order valence-corrected chi connectivity index (χ1v) is 11.7. The Morgan fingerprint density at radius 2 is 1.46 bits per heavy atom. The van der Waals surface area contributed by atoms with Crippen LogP contribution in [0.3, 0.4) is 0 Å². The number of rotatable bonds is 17. The molecule has 0 saturated carbocycles. The van der Waals surface area contributed by atoms with Crippen molar-refractivity contribution in [1.82, 2.24) is 0 Å². The Bertz CT molecular complexity index is 387. The van der Waals surface area contributed by atoms with Gasteiger partial charge >= 0.3 is 5.97 Å². The summed E-state index contributed by atoms with van der Waals surface area (Å²) < 4.78 is 10.5. The largest absolute Gasteiger partial charge is 0.463 e. The van der Waals surface area contributed by atoms with Crippen LogP contribution in [0.15, 0.2) is 0 Å². The minimum atomic E-state index is -0.962. The van der Waals surface area contributed by atoms with E-state index in [0.29, 0.717) is 13.0 Å². The Kier molecular flexibility index (Phi) is 14.7. The monoisotopic (exact) mass is 400 g/mol. The molecule has 1 saturated heterocycles. The molecule has 5 heteroatoms. The number of aliphatic hydroxyl groups is 2. The molecule has 1 fully saturated rings.